The second-order valence-electron chi connectivity index (χ2n) is 7.03. The number of rotatable bonds is 7. The molecule has 0 aliphatic carbocycles. The van der Waals surface area contributed by atoms with Gasteiger partial charge in [-0.25, -0.2) is 19.9 Å². The summed E-state index contributed by atoms with van der Waals surface area (Å²) in [5, 5.41) is 24.2. The van der Waals surface area contributed by atoms with E-state index in [-0.39, 0.29) is 5.82 Å². The van der Waals surface area contributed by atoms with Crippen LogP contribution < -0.4 is 11.1 Å². The monoisotopic (exact) mass is 400 g/mol. The molecule has 3 aromatic rings. The van der Waals surface area contributed by atoms with E-state index in [2.05, 4.69) is 25.3 Å². The number of pyridine rings is 1. The van der Waals surface area contributed by atoms with Crippen molar-refractivity contribution in [3.63, 3.8) is 0 Å². The summed E-state index contributed by atoms with van der Waals surface area (Å²) in [6, 6.07) is 5.68. The fourth-order valence-electron chi connectivity index (χ4n) is 3.41. The van der Waals surface area contributed by atoms with Gasteiger partial charge in [0.1, 0.15) is 36.0 Å². The first-order valence-corrected chi connectivity index (χ1v) is 9.32. The Bertz CT molecular complexity index is 953. The van der Waals surface area contributed by atoms with Gasteiger partial charge in [-0.05, 0) is 19.2 Å². The molecule has 154 valence electrons. The molecule has 1 aliphatic rings. The molecule has 0 spiro atoms. The molecular weight excluding hydrogens is 376 g/mol. The fraction of sp³-hybridized carbons (Fsp3) is 0.444. The van der Waals surface area contributed by atoms with Crippen LogP contribution in [-0.2, 0) is 4.74 Å². The average Bonchev–Trinajstić information content (AvgIpc) is 3.26. The number of nitrogens with zero attached hydrogens (tertiary/aromatic N) is 6. The molecule has 1 saturated heterocycles. The summed E-state index contributed by atoms with van der Waals surface area (Å²) in [5.74, 6) is 1.06. The van der Waals surface area contributed by atoms with E-state index in [1.165, 1.54) is 12.7 Å². The van der Waals surface area contributed by atoms with Crippen molar-refractivity contribution < 1.29 is 14.9 Å². The highest BCUT2D eigenvalue weighted by atomic mass is 16.6. The minimum Gasteiger partial charge on any atom is -0.387 e. The highest BCUT2D eigenvalue weighted by Gasteiger charge is 2.44. The molecule has 0 radical (unpaired) electrons. The van der Waals surface area contributed by atoms with Gasteiger partial charge in [0.25, 0.3) is 0 Å². The molecule has 4 rings (SSSR count). The van der Waals surface area contributed by atoms with Crippen LogP contribution in [0.3, 0.4) is 0 Å². The Balaban J connectivity index is 1.37. The Morgan fingerprint density at radius 3 is 2.86 bits per heavy atom. The van der Waals surface area contributed by atoms with Crippen molar-refractivity contribution in [1.82, 2.24) is 29.4 Å². The molecule has 3 aromatic heterocycles. The third-order valence-electron chi connectivity index (χ3n) is 4.95. The first-order valence-electron chi connectivity index (χ1n) is 9.32. The van der Waals surface area contributed by atoms with Crippen LogP contribution in [0.2, 0.25) is 0 Å². The van der Waals surface area contributed by atoms with Gasteiger partial charge in [-0.1, -0.05) is 6.07 Å². The van der Waals surface area contributed by atoms with Crippen LogP contribution in [0.15, 0.2) is 37.1 Å². The van der Waals surface area contributed by atoms with E-state index in [4.69, 9.17) is 10.5 Å². The Morgan fingerprint density at radius 1 is 1.21 bits per heavy atom. The molecule has 0 bridgehead atoms. The summed E-state index contributed by atoms with van der Waals surface area (Å²) in [6.45, 7) is 1.84. The standard InChI is InChI=1S/C18H24N8O3/c1-25(7-6-21-12-4-2-3-5-20-12)8-11-14(27)15(28)18(29-11)26-10-24-13-16(19)22-9-23-17(13)26/h2-5,9-11,14-15,18,27-28H,6-8H2,1H3,(H,20,21)(H2,19,22,23)/t11-,14-,15-,18-/m1/s1. The topological polar surface area (TPSA) is 147 Å². The molecule has 4 atom stereocenters. The lowest BCUT2D eigenvalue weighted by Gasteiger charge is -2.23. The first kappa shape index (κ1) is 19.5. The van der Waals surface area contributed by atoms with Crippen LogP contribution in [0.1, 0.15) is 6.23 Å². The third kappa shape index (κ3) is 3.98. The number of likely N-dealkylation sites (N-methyl/N-ethyl adjacent to an activating group) is 1. The number of aliphatic hydroxyl groups excluding tert-OH is 2. The molecule has 5 N–H and O–H groups in total. The highest BCUT2D eigenvalue weighted by molar-refractivity contribution is 5.81. The summed E-state index contributed by atoms with van der Waals surface area (Å²) in [7, 11) is 1.93. The molecule has 1 fully saturated rings. The maximum Gasteiger partial charge on any atom is 0.167 e. The van der Waals surface area contributed by atoms with Gasteiger partial charge in [0.05, 0.1) is 6.33 Å². The molecule has 1 aliphatic heterocycles. The van der Waals surface area contributed by atoms with E-state index in [9.17, 15) is 10.2 Å². The lowest BCUT2D eigenvalue weighted by atomic mass is 10.1. The van der Waals surface area contributed by atoms with Gasteiger partial charge in [0.15, 0.2) is 17.7 Å². The molecule has 0 saturated carbocycles. The normalized spacial score (nSPS) is 24.4. The quantitative estimate of drug-likeness (QED) is 0.408. The van der Waals surface area contributed by atoms with Crippen molar-refractivity contribution in [1.29, 1.82) is 0 Å². The number of hydrogen-bond donors (Lipinski definition) is 4. The average molecular weight is 400 g/mol. The third-order valence-corrected chi connectivity index (χ3v) is 4.95. The minimum atomic E-state index is -1.12. The van der Waals surface area contributed by atoms with Gasteiger partial charge in [-0.2, -0.15) is 0 Å². The molecule has 0 unspecified atom stereocenters. The zero-order valence-electron chi connectivity index (χ0n) is 16.0. The zero-order valence-corrected chi connectivity index (χ0v) is 16.0. The Labute approximate surface area is 167 Å². The second kappa shape index (κ2) is 8.25. The van der Waals surface area contributed by atoms with Crippen molar-refractivity contribution in [2.24, 2.45) is 0 Å². The number of aliphatic hydroxyl groups is 2. The largest absolute Gasteiger partial charge is 0.387 e. The molecule has 11 nitrogen and oxygen atoms in total. The van der Waals surface area contributed by atoms with Crippen LogP contribution in [-0.4, -0.2) is 84.6 Å². The summed E-state index contributed by atoms with van der Waals surface area (Å²) in [6.07, 6.45) is 1.01. The van der Waals surface area contributed by atoms with Crippen LogP contribution in [0.25, 0.3) is 11.2 Å². The molecule has 4 heterocycles. The fourth-order valence-corrected chi connectivity index (χ4v) is 3.41. The maximum atomic E-state index is 10.5. The Hall–Kier alpha value is -2.86. The van der Waals surface area contributed by atoms with E-state index in [0.717, 1.165) is 5.82 Å². The zero-order chi connectivity index (χ0) is 20.4. The number of ether oxygens (including phenoxy) is 1. The van der Waals surface area contributed by atoms with E-state index >= 15 is 0 Å². The lowest BCUT2D eigenvalue weighted by molar-refractivity contribution is -0.0419. The van der Waals surface area contributed by atoms with Gasteiger partial charge in [0.2, 0.25) is 0 Å². The van der Waals surface area contributed by atoms with E-state index < -0.39 is 24.5 Å². The van der Waals surface area contributed by atoms with Crippen LogP contribution in [0.5, 0.6) is 0 Å². The van der Waals surface area contributed by atoms with Gasteiger partial charge < -0.3 is 30.9 Å². The maximum absolute atomic E-state index is 10.5. The molecule has 29 heavy (non-hydrogen) atoms. The van der Waals surface area contributed by atoms with Crippen molar-refractivity contribution >= 4 is 22.8 Å². The van der Waals surface area contributed by atoms with Crippen molar-refractivity contribution in [2.45, 2.75) is 24.5 Å². The SMILES string of the molecule is CN(CCNc1ccccn1)C[C@H]1O[C@@H](n2cnc3c(N)ncnc32)[C@H](O)[C@@H]1O. The van der Waals surface area contributed by atoms with Gasteiger partial charge in [0, 0.05) is 25.8 Å². The Morgan fingerprint density at radius 2 is 2.07 bits per heavy atom. The van der Waals surface area contributed by atoms with Crippen molar-refractivity contribution in [2.75, 3.05) is 37.7 Å². The van der Waals surface area contributed by atoms with Crippen LogP contribution in [0.4, 0.5) is 11.6 Å². The van der Waals surface area contributed by atoms with Gasteiger partial charge in [-0.3, -0.25) is 4.57 Å². The molecule has 0 amide bonds. The first-order chi connectivity index (χ1) is 14.0. The predicted molar refractivity (Wildman–Crippen MR) is 106 cm³/mol. The van der Waals surface area contributed by atoms with E-state index in [1.54, 1.807) is 10.8 Å². The number of imidazole rings is 1. The smallest absolute Gasteiger partial charge is 0.167 e. The predicted octanol–water partition coefficient (Wildman–Crippen LogP) is -0.533. The minimum absolute atomic E-state index is 0.249. The number of aromatic nitrogens is 5. The van der Waals surface area contributed by atoms with E-state index in [1.807, 2.05) is 30.1 Å². The highest BCUT2D eigenvalue weighted by Crippen LogP contribution is 2.32. The second-order valence-corrected chi connectivity index (χ2v) is 7.03. The summed E-state index contributed by atoms with van der Waals surface area (Å²) in [5.41, 5.74) is 6.69. The summed E-state index contributed by atoms with van der Waals surface area (Å²) >= 11 is 0. The number of hydrogen-bond acceptors (Lipinski definition) is 10. The van der Waals surface area contributed by atoms with E-state index in [0.29, 0.717) is 30.8 Å². The Kier molecular flexibility index (Phi) is 5.53. The van der Waals surface area contributed by atoms with Crippen molar-refractivity contribution in [3.8, 4) is 0 Å². The molecule has 0 aromatic carbocycles. The van der Waals surface area contributed by atoms with Crippen LogP contribution in [0, 0.1) is 0 Å². The summed E-state index contributed by atoms with van der Waals surface area (Å²) in [4.78, 5) is 18.5. The number of anilines is 2. The van der Waals surface area contributed by atoms with Crippen molar-refractivity contribution in [3.05, 3.63) is 37.1 Å². The number of nitrogen functional groups attached to an aromatic ring is 1. The molecule has 11 heteroatoms. The molecular formula is C18H24N8O3. The number of nitrogens with one attached hydrogen (secondary N) is 1. The van der Waals surface area contributed by atoms with Gasteiger partial charge in [-0.15, -0.1) is 0 Å². The number of nitrogens with two attached hydrogens (primary N) is 1. The lowest BCUT2D eigenvalue weighted by Crippen LogP contribution is -2.39. The summed E-state index contributed by atoms with van der Waals surface area (Å²) < 4.78 is 7.53. The van der Waals surface area contributed by atoms with Crippen LogP contribution >= 0.6 is 0 Å². The van der Waals surface area contributed by atoms with Gasteiger partial charge >= 0.3 is 0 Å². The number of fused-ring (bicyclic) bond motifs is 1.